The van der Waals surface area contributed by atoms with E-state index < -0.39 is 12.0 Å². The predicted molar refractivity (Wildman–Crippen MR) is 51.8 cm³/mol. The third-order valence-corrected chi connectivity index (χ3v) is 2.77. The number of hydrogen-bond acceptors (Lipinski definition) is 3. The summed E-state index contributed by atoms with van der Waals surface area (Å²) in [5.74, 6) is -1.05. The Bertz CT molecular complexity index is 221. The van der Waals surface area contributed by atoms with Crippen LogP contribution in [0.2, 0.25) is 0 Å². The zero-order valence-corrected chi connectivity index (χ0v) is 8.24. The van der Waals surface area contributed by atoms with Gasteiger partial charge in [0.2, 0.25) is 0 Å². The van der Waals surface area contributed by atoms with E-state index in [1.165, 1.54) is 6.42 Å². The van der Waals surface area contributed by atoms with Crippen molar-refractivity contribution in [3.05, 3.63) is 0 Å². The quantitative estimate of drug-likeness (QED) is 0.706. The summed E-state index contributed by atoms with van der Waals surface area (Å²) < 4.78 is 0. The summed E-state index contributed by atoms with van der Waals surface area (Å²) in [5, 5.41) is 8.50. The summed E-state index contributed by atoms with van der Waals surface area (Å²) in [7, 11) is 0. The van der Waals surface area contributed by atoms with Crippen LogP contribution in [0.1, 0.15) is 38.5 Å². The molecule has 0 aliphatic heterocycles. The van der Waals surface area contributed by atoms with Crippen molar-refractivity contribution in [2.24, 2.45) is 11.7 Å². The summed E-state index contributed by atoms with van der Waals surface area (Å²) >= 11 is 0. The highest BCUT2D eigenvalue weighted by Crippen LogP contribution is 2.25. The van der Waals surface area contributed by atoms with E-state index in [1.54, 1.807) is 0 Å². The number of carbonyl (C=O) groups is 2. The minimum Gasteiger partial charge on any atom is -0.481 e. The second-order valence-electron chi connectivity index (χ2n) is 3.94. The lowest BCUT2D eigenvalue weighted by molar-refractivity contribution is -0.139. The number of carbonyl (C=O) groups excluding carboxylic acids is 1. The van der Waals surface area contributed by atoms with E-state index in [0.29, 0.717) is 0 Å². The fraction of sp³-hybridized carbons (Fsp3) is 0.800. The molecule has 0 saturated heterocycles. The van der Waals surface area contributed by atoms with Crippen molar-refractivity contribution >= 4 is 11.8 Å². The average molecular weight is 199 g/mol. The number of rotatable bonds is 4. The highest BCUT2D eigenvalue weighted by atomic mass is 16.4. The van der Waals surface area contributed by atoms with Crippen molar-refractivity contribution in [1.82, 2.24) is 0 Å². The highest BCUT2D eigenvalue weighted by molar-refractivity contribution is 5.89. The molecule has 0 aromatic heterocycles. The summed E-state index contributed by atoms with van der Waals surface area (Å²) in [5.41, 5.74) is 5.52. The lowest BCUT2D eigenvalue weighted by Gasteiger charge is -2.22. The Balaban J connectivity index is 2.42. The minimum absolute atomic E-state index is 0.0121. The first-order valence-corrected chi connectivity index (χ1v) is 5.12. The Labute approximate surface area is 83.5 Å². The van der Waals surface area contributed by atoms with Gasteiger partial charge < -0.3 is 10.8 Å². The smallest absolute Gasteiger partial charge is 0.305 e. The van der Waals surface area contributed by atoms with Gasteiger partial charge in [-0.3, -0.25) is 9.59 Å². The molecule has 14 heavy (non-hydrogen) atoms. The van der Waals surface area contributed by atoms with Crippen LogP contribution < -0.4 is 5.73 Å². The predicted octanol–water partition coefficient (Wildman–Crippen LogP) is 0.938. The van der Waals surface area contributed by atoms with E-state index in [1.807, 2.05) is 0 Å². The van der Waals surface area contributed by atoms with Gasteiger partial charge in [0.25, 0.3) is 0 Å². The molecule has 0 heterocycles. The maximum absolute atomic E-state index is 11.6. The van der Waals surface area contributed by atoms with Crippen molar-refractivity contribution in [3.63, 3.8) is 0 Å². The van der Waals surface area contributed by atoms with Crippen molar-refractivity contribution in [3.8, 4) is 0 Å². The van der Waals surface area contributed by atoms with Gasteiger partial charge in [-0.2, -0.15) is 0 Å². The average Bonchev–Trinajstić information content (AvgIpc) is 2.17. The molecule has 1 atom stereocenters. The highest BCUT2D eigenvalue weighted by Gasteiger charge is 2.26. The Morgan fingerprint density at radius 2 is 1.86 bits per heavy atom. The molecule has 0 unspecified atom stereocenters. The van der Waals surface area contributed by atoms with Gasteiger partial charge in [0, 0.05) is 5.92 Å². The van der Waals surface area contributed by atoms with Crippen LogP contribution in [0.25, 0.3) is 0 Å². The van der Waals surface area contributed by atoms with Crippen LogP contribution in [0.3, 0.4) is 0 Å². The molecule has 3 N–H and O–H groups in total. The number of Topliss-reactive ketones (excluding diaryl/α,β-unsaturated/α-hetero) is 1. The maximum atomic E-state index is 11.6. The first-order valence-electron chi connectivity index (χ1n) is 5.12. The van der Waals surface area contributed by atoms with E-state index in [2.05, 4.69) is 0 Å². The minimum atomic E-state index is -0.998. The molecule has 0 amide bonds. The van der Waals surface area contributed by atoms with Crippen LogP contribution in [-0.2, 0) is 9.59 Å². The largest absolute Gasteiger partial charge is 0.481 e. The van der Waals surface area contributed by atoms with Crippen molar-refractivity contribution < 1.29 is 14.7 Å². The lowest BCUT2D eigenvalue weighted by Crippen LogP contribution is -2.38. The number of carboxylic acid groups (broad SMARTS) is 1. The van der Waals surface area contributed by atoms with Crippen LogP contribution in [-0.4, -0.2) is 22.9 Å². The zero-order chi connectivity index (χ0) is 10.6. The number of carboxylic acids is 1. The fourth-order valence-corrected chi connectivity index (χ4v) is 1.98. The van der Waals surface area contributed by atoms with Gasteiger partial charge >= 0.3 is 5.97 Å². The second-order valence-corrected chi connectivity index (χ2v) is 3.94. The van der Waals surface area contributed by atoms with Crippen molar-refractivity contribution in [2.75, 3.05) is 0 Å². The standard InChI is InChI=1S/C10H17NO3/c11-8(6-9(12)13)10(14)7-4-2-1-3-5-7/h7-8H,1-6,11H2,(H,12,13)/t8-/m0/s1. The van der Waals surface area contributed by atoms with Gasteiger partial charge in [-0.1, -0.05) is 19.3 Å². The molecule has 1 aliphatic rings. The Hall–Kier alpha value is -0.900. The van der Waals surface area contributed by atoms with E-state index in [9.17, 15) is 9.59 Å². The molecule has 1 rings (SSSR count). The van der Waals surface area contributed by atoms with Gasteiger partial charge in [0.05, 0.1) is 12.5 Å². The Morgan fingerprint density at radius 1 is 1.29 bits per heavy atom. The molecule has 1 saturated carbocycles. The SMILES string of the molecule is N[C@@H](CC(=O)O)C(=O)C1CCCCC1. The van der Waals surface area contributed by atoms with Crippen LogP contribution in [0.15, 0.2) is 0 Å². The van der Waals surface area contributed by atoms with Crippen LogP contribution in [0, 0.1) is 5.92 Å². The van der Waals surface area contributed by atoms with Crippen molar-refractivity contribution in [2.45, 2.75) is 44.6 Å². The maximum Gasteiger partial charge on any atom is 0.305 e. The van der Waals surface area contributed by atoms with E-state index in [-0.39, 0.29) is 18.1 Å². The normalized spacial score (nSPS) is 20.4. The molecule has 0 bridgehead atoms. The molecule has 0 spiro atoms. The molecule has 4 nitrogen and oxygen atoms in total. The fourth-order valence-electron chi connectivity index (χ4n) is 1.98. The topological polar surface area (TPSA) is 80.4 Å². The molecular weight excluding hydrogens is 182 g/mol. The monoisotopic (exact) mass is 199 g/mol. The van der Waals surface area contributed by atoms with Crippen molar-refractivity contribution in [1.29, 1.82) is 0 Å². The Morgan fingerprint density at radius 3 is 2.36 bits per heavy atom. The van der Waals surface area contributed by atoms with Gasteiger partial charge in [-0.15, -0.1) is 0 Å². The summed E-state index contributed by atoms with van der Waals surface area (Å²) in [6, 6.07) is -0.810. The molecule has 1 fully saturated rings. The molecule has 0 radical (unpaired) electrons. The van der Waals surface area contributed by atoms with Crippen LogP contribution in [0.4, 0.5) is 0 Å². The molecule has 0 aromatic carbocycles. The number of nitrogens with two attached hydrogens (primary N) is 1. The van der Waals surface area contributed by atoms with Gasteiger partial charge in [0.1, 0.15) is 0 Å². The molecule has 0 aromatic rings. The number of hydrogen-bond donors (Lipinski definition) is 2. The number of aliphatic carboxylic acids is 1. The second kappa shape index (κ2) is 5.10. The molecular formula is C10H17NO3. The van der Waals surface area contributed by atoms with Gasteiger partial charge in [0.15, 0.2) is 5.78 Å². The summed E-state index contributed by atoms with van der Waals surface area (Å²) in [6.07, 6.45) is 4.83. The van der Waals surface area contributed by atoms with E-state index in [4.69, 9.17) is 10.8 Å². The summed E-state index contributed by atoms with van der Waals surface area (Å²) in [6.45, 7) is 0. The third kappa shape index (κ3) is 3.10. The first kappa shape index (κ1) is 11.2. The molecule has 80 valence electrons. The number of ketones is 1. The van der Waals surface area contributed by atoms with E-state index >= 15 is 0 Å². The molecule has 1 aliphatic carbocycles. The molecule has 4 heteroatoms. The first-order chi connectivity index (χ1) is 6.61. The lowest BCUT2D eigenvalue weighted by atomic mass is 9.83. The Kier molecular flexibility index (Phi) is 4.07. The van der Waals surface area contributed by atoms with Crippen LogP contribution >= 0.6 is 0 Å². The third-order valence-electron chi connectivity index (χ3n) is 2.77. The van der Waals surface area contributed by atoms with E-state index in [0.717, 1.165) is 25.7 Å². The van der Waals surface area contributed by atoms with Crippen LogP contribution in [0.5, 0.6) is 0 Å². The van der Waals surface area contributed by atoms with Gasteiger partial charge in [-0.25, -0.2) is 0 Å². The van der Waals surface area contributed by atoms with Gasteiger partial charge in [-0.05, 0) is 12.8 Å². The summed E-state index contributed by atoms with van der Waals surface area (Å²) in [4.78, 5) is 22.0. The zero-order valence-electron chi connectivity index (χ0n) is 8.24.